The monoisotopic (exact) mass is 546 g/mol. The number of rotatable bonds is 19. The molecular weight excluding hydrogens is 500 g/mol. The molecule has 0 aliphatic carbocycles. The first-order chi connectivity index (χ1) is 19.2. The second-order valence-corrected chi connectivity index (χ2v) is 11.2. The van der Waals surface area contributed by atoms with Crippen LogP contribution in [0.2, 0.25) is 0 Å². The molecule has 1 heterocycles. The zero-order valence-corrected chi connectivity index (χ0v) is 25.0. The summed E-state index contributed by atoms with van der Waals surface area (Å²) in [6.07, 6.45) is 17.4. The van der Waals surface area contributed by atoms with Gasteiger partial charge in [-0.1, -0.05) is 83.0 Å². The number of hydrogen-bond acceptors (Lipinski definition) is 5. The molecule has 39 heavy (non-hydrogen) atoms. The molecule has 0 saturated heterocycles. The van der Waals surface area contributed by atoms with Gasteiger partial charge < -0.3 is 9.47 Å². The van der Waals surface area contributed by atoms with E-state index < -0.39 is 0 Å². The Morgan fingerprint density at radius 3 is 1.79 bits per heavy atom. The molecule has 210 valence electrons. The Kier molecular flexibility index (Phi) is 14.5. The Bertz CT molecular complexity index is 1130. The fourth-order valence-electron chi connectivity index (χ4n) is 4.25. The maximum Gasteiger partial charge on any atom is 0.148 e. The van der Waals surface area contributed by atoms with Crippen LogP contribution < -0.4 is 9.47 Å². The molecule has 0 aliphatic rings. The average Bonchev–Trinajstić information content (AvgIpc) is 3.46. The molecule has 5 heteroatoms. The van der Waals surface area contributed by atoms with Crippen molar-refractivity contribution in [3.05, 3.63) is 65.9 Å². The minimum absolute atomic E-state index is 0.549. The summed E-state index contributed by atoms with van der Waals surface area (Å²) in [5.41, 5.74) is 6.58. The van der Waals surface area contributed by atoms with E-state index in [1.54, 1.807) is 11.3 Å². The zero-order valence-electron chi connectivity index (χ0n) is 24.2. The molecule has 3 rings (SSSR count). The van der Waals surface area contributed by atoms with Gasteiger partial charge in [0.15, 0.2) is 0 Å². The van der Waals surface area contributed by atoms with Crippen molar-refractivity contribution in [3.63, 3.8) is 0 Å². The zero-order chi connectivity index (χ0) is 27.5. The topological polar surface area (TPSA) is 44.2 Å². The molecule has 0 spiro atoms. The largest absolute Gasteiger partial charge is 0.494 e. The second-order valence-electron chi connectivity index (χ2n) is 10.2. The van der Waals surface area contributed by atoms with Crippen LogP contribution in [-0.2, 0) is 0 Å². The minimum atomic E-state index is 0.549. The highest BCUT2D eigenvalue weighted by atomic mass is 32.1. The van der Waals surface area contributed by atoms with Crippen LogP contribution in [0.3, 0.4) is 0 Å². The fourth-order valence-corrected chi connectivity index (χ4v) is 5.10. The van der Waals surface area contributed by atoms with Crippen LogP contribution >= 0.6 is 11.3 Å². The van der Waals surface area contributed by atoms with E-state index in [1.807, 2.05) is 36.4 Å². The van der Waals surface area contributed by atoms with Crippen molar-refractivity contribution < 1.29 is 9.47 Å². The quantitative estimate of drug-likeness (QED) is 0.111. The lowest BCUT2D eigenvalue weighted by Crippen LogP contribution is -1.97. The lowest BCUT2D eigenvalue weighted by atomic mass is 10.1. The Hall–Kier alpha value is -2.88. The lowest BCUT2D eigenvalue weighted by molar-refractivity contribution is 0.304. The lowest BCUT2D eigenvalue weighted by Gasteiger charge is -2.06. The normalized spacial score (nSPS) is 10.7. The first-order valence-electron chi connectivity index (χ1n) is 14.9. The molecule has 0 amide bonds. The van der Waals surface area contributed by atoms with Crippen LogP contribution in [0.25, 0.3) is 21.1 Å². The summed E-state index contributed by atoms with van der Waals surface area (Å²) < 4.78 is 11.9. The SMILES string of the molecule is CCCCCCCC=C=C(C)COc1ccc(-c2nnc(-c3ccc(OCCCCCCCC)cc3)s2)cc1. The summed E-state index contributed by atoms with van der Waals surface area (Å²) in [4.78, 5) is 0. The van der Waals surface area contributed by atoms with Crippen LogP contribution in [0.15, 0.2) is 65.9 Å². The Morgan fingerprint density at radius 2 is 1.21 bits per heavy atom. The van der Waals surface area contributed by atoms with Crippen LogP contribution in [0.5, 0.6) is 11.5 Å². The van der Waals surface area contributed by atoms with E-state index in [-0.39, 0.29) is 0 Å². The molecule has 2 aromatic carbocycles. The molecule has 0 N–H and O–H groups in total. The Labute approximate surface area is 240 Å². The van der Waals surface area contributed by atoms with Gasteiger partial charge in [0.05, 0.1) is 6.61 Å². The highest BCUT2D eigenvalue weighted by Crippen LogP contribution is 2.31. The van der Waals surface area contributed by atoms with Crippen molar-refractivity contribution in [3.8, 4) is 32.6 Å². The van der Waals surface area contributed by atoms with E-state index in [9.17, 15) is 0 Å². The van der Waals surface area contributed by atoms with Gasteiger partial charge in [0.25, 0.3) is 0 Å². The molecule has 0 aliphatic heterocycles. The van der Waals surface area contributed by atoms with Gasteiger partial charge in [-0.05, 0) is 80.8 Å². The molecular formula is C34H46N2O2S. The van der Waals surface area contributed by atoms with E-state index >= 15 is 0 Å². The first kappa shape index (κ1) is 30.7. The van der Waals surface area contributed by atoms with Crippen LogP contribution in [0, 0.1) is 0 Å². The average molecular weight is 547 g/mol. The van der Waals surface area contributed by atoms with Crippen molar-refractivity contribution in [2.24, 2.45) is 0 Å². The third-order valence-electron chi connectivity index (χ3n) is 6.65. The van der Waals surface area contributed by atoms with Gasteiger partial charge in [-0.3, -0.25) is 0 Å². The van der Waals surface area contributed by atoms with Crippen molar-refractivity contribution >= 4 is 11.3 Å². The van der Waals surface area contributed by atoms with Crippen molar-refractivity contribution in [2.75, 3.05) is 13.2 Å². The van der Waals surface area contributed by atoms with Gasteiger partial charge in [0.1, 0.15) is 28.1 Å². The van der Waals surface area contributed by atoms with Crippen LogP contribution in [0.1, 0.15) is 97.8 Å². The van der Waals surface area contributed by atoms with Gasteiger partial charge in [-0.25, -0.2) is 0 Å². The predicted molar refractivity (Wildman–Crippen MR) is 166 cm³/mol. The van der Waals surface area contributed by atoms with E-state index in [4.69, 9.17) is 9.47 Å². The van der Waals surface area contributed by atoms with Gasteiger partial charge in [-0.15, -0.1) is 15.9 Å². The first-order valence-corrected chi connectivity index (χ1v) is 15.7. The third kappa shape index (κ3) is 11.8. The maximum absolute atomic E-state index is 5.95. The highest BCUT2D eigenvalue weighted by molar-refractivity contribution is 7.17. The minimum Gasteiger partial charge on any atom is -0.494 e. The van der Waals surface area contributed by atoms with Crippen molar-refractivity contribution in [1.82, 2.24) is 10.2 Å². The third-order valence-corrected chi connectivity index (χ3v) is 7.67. The summed E-state index contributed by atoms with van der Waals surface area (Å²) >= 11 is 1.59. The Morgan fingerprint density at radius 1 is 0.692 bits per heavy atom. The van der Waals surface area contributed by atoms with Crippen molar-refractivity contribution in [1.29, 1.82) is 0 Å². The maximum atomic E-state index is 5.95. The summed E-state index contributed by atoms with van der Waals surface area (Å²) in [6.45, 7) is 7.89. The number of nitrogens with zero attached hydrogens (tertiary/aromatic N) is 2. The van der Waals surface area contributed by atoms with Gasteiger partial charge in [0.2, 0.25) is 0 Å². The molecule has 0 unspecified atom stereocenters. The molecule has 0 bridgehead atoms. The van der Waals surface area contributed by atoms with Crippen molar-refractivity contribution in [2.45, 2.75) is 97.8 Å². The molecule has 0 saturated carbocycles. The fraction of sp³-hybridized carbons (Fsp3) is 0.500. The summed E-state index contributed by atoms with van der Waals surface area (Å²) in [7, 11) is 0. The van der Waals surface area contributed by atoms with Crippen LogP contribution in [-0.4, -0.2) is 23.4 Å². The summed E-state index contributed by atoms with van der Waals surface area (Å²) in [5, 5.41) is 10.7. The molecule has 0 fully saturated rings. The van der Waals surface area contributed by atoms with Gasteiger partial charge in [0, 0.05) is 16.7 Å². The number of benzene rings is 2. The van der Waals surface area contributed by atoms with E-state index in [1.165, 1.54) is 64.2 Å². The molecule has 4 nitrogen and oxygen atoms in total. The van der Waals surface area contributed by atoms with E-state index in [2.05, 4.69) is 54.9 Å². The smallest absolute Gasteiger partial charge is 0.148 e. The molecule has 0 atom stereocenters. The summed E-state index contributed by atoms with van der Waals surface area (Å²) in [6, 6.07) is 16.3. The molecule has 1 aromatic heterocycles. The number of unbranched alkanes of at least 4 members (excludes halogenated alkanes) is 10. The number of ether oxygens (including phenoxy) is 2. The number of aromatic nitrogens is 2. The molecule has 3 aromatic rings. The van der Waals surface area contributed by atoms with E-state index in [0.717, 1.165) is 57.7 Å². The second kappa shape index (κ2) is 18.4. The highest BCUT2D eigenvalue weighted by Gasteiger charge is 2.09. The Balaban J connectivity index is 1.43. The standard InChI is InChI=1S/C34H46N2O2S/c1-4-6-8-10-12-13-15-17-28(3)27-38-32-24-20-30(21-25-32)34-36-35-33(39-34)29-18-22-31(23-19-29)37-26-16-14-11-9-7-5-2/h15,18-25H,4-14,16,26-27H2,1-3H3. The summed E-state index contributed by atoms with van der Waals surface area (Å²) in [5.74, 6) is 1.76. The number of hydrogen-bond donors (Lipinski definition) is 0. The molecule has 0 radical (unpaired) electrons. The van der Waals surface area contributed by atoms with Gasteiger partial charge >= 0.3 is 0 Å². The van der Waals surface area contributed by atoms with Gasteiger partial charge in [-0.2, -0.15) is 0 Å². The van der Waals surface area contributed by atoms with E-state index in [0.29, 0.717) is 6.61 Å². The van der Waals surface area contributed by atoms with Crippen LogP contribution in [0.4, 0.5) is 0 Å². The predicted octanol–water partition coefficient (Wildman–Crippen LogP) is 10.5.